The van der Waals surface area contributed by atoms with Crippen molar-refractivity contribution >= 4 is 0 Å². The molecule has 10 aliphatic carbocycles. The smallest absolute Gasteiger partial charge is 0.112 e. The maximum absolute atomic E-state index is 7.09. The molecule has 0 bridgehead atoms. The van der Waals surface area contributed by atoms with E-state index in [1.807, 2.05) is 0 Å². The molecule has 5 heterocycles. The average molecular weight is 1050 g/mol. The second-order valence-electron chi connectivity index (χ2n) is 30.4. The molecule has 0 radical (unpaired) electrons. The van der Waals surface area contributed by atoms with Crippen molar-refractivity contribution in [2.24, 2.45) is 35.5 Å². The third-order valence-corrected chi connectivity index (χ3v) is 26.8. The van der Waals surface area contributed by atoms with Crippen molar-refractivity contribution in [1.29, 1.82) is 0 Å². The summed E-state index contributed by atoms with van der Waals surface area (Å²) in [6, 6.07) is 10.4. The molecule has 0 spiro atoms. The van der Waals surface area contributed by atoms with Crippen molar-refractivity contribution in [3.05, 3.63) is 0 Å². The Morgan fingerprint density at radius 1 is 0.276 bits per heavy atom. The number of hydrogen-bond donors (Lipinski definition) is 3. The van der Waals surface area contributed by atoms with Gasteiger partial charge in [0.2, 0.25) is 0 Å². The highest BCUT2D eigenvalue weighted by molar-refractivity contribution is 5.11. The molecule has 9 heteroatoms. The standard InChI is InChI=1S/C67H113N7O2/c1-5-17-46(18-6-1)71(47-19-7-2-8-20-47)52-37-39-60-56(41-52)54-25-13-15-27-58(54)73(60)50-33-29-44(30-34-50)66-69-64-62(75-66)43-63-65(68-64)70-67(76-63)45-31-35-51(36-32-45)74-59-28-16-14-26-55(59)57-42-53(38-40-61(57)74)72(48-21-9-3-10-22-48)49-23-11-4-12-24-49/h44-70H,1-43H2. The number of hydrogen-bond acceptors (Lipinski definition) is 9. The van der Waals surface area contributed by atoms with Crippen LogP contribution in [0.4, 0.5) is 0 Å². The number of rotatable bonds is 10. The van der Waals surface area contributed by atoms with Crippen LogP contribution in [0.25, 0.3) is 0 Å². The van der Waals surface area contributed by atoms with Crippen LogP contribution in [-0.2, 0) is 9.47 Å². The van der Waals surface area contributed by atoms with Gasteiger partial charge in [-0.25, -0.2) is 0 Å². The molecular formula is C67H113N7O2. The Labute approximate surface area is 464 Å². The molecule has 3 N–H and O–H groups in total. The zero-order chi connectivity index (χ0) is 50.1. The first-order valence-electron chi connectivity index (χ1n) is 35.4. The number of fused-ring (bicyclic) bond motifs is 8. The van der Waals surface area contributed by atoms with E-state index in [9.17, 15) is 0 Å². The zero-order valence-corrected chi connectivity index (χ0v) is 48.4. The first-order chi connectivity index (χ1) is 37.7. The van der Waals surface area contributed by atoms with Gasteiger partial charge in [-0.1, -0.05) is 103 Å². The highest BCUT2D eigenvalue weighted by Crippen LogP contribution is 2.56. The third kappa shape index (κ3) is 10.2. The molecule has 15 aliphatic rings. The van der Waals surface area contributed by atoms with E-state index in [0.717, 1.165) is 103 Å². The van der Waals surface area contributed by atoms with Crippen molar-refractivity contribution in [3.8, 4) is 0 Å². The van der Waals surface area contributed by atoms with E-state index in [2.05, 4.69) is 35.6 Å². The summed E-state index contributed by atoms with van der Waals surface area (Å²) >= 11 is 0. The predicted octanol–water partition coefficient (Wildman–Crippen LogP) is 13.1. The molecule has 16 unspecified atom stereocenters. The SMILES string of the molecule is C1CCC(N(C2CCCCC2)C2CCC3C(C2)C2CCCCC2N3C2CCC(C3NC4NC5NC(C6CCC(N7C8CCCCC8C8CC(N(C9CCCCC9)C9CCCCC9)CCC87)CC6)OC5CC4O3)CC2)CC1. The van der Waals surface area contributed by atoms with Gasteiger partial charge in [-0.15, -0.1) is 0 Å². The molecule has 5 aliphatic heterocycles. The average Bonchev–Trinajstić information content (AvgIpc) is 4.32. The topological polar surface area (TPSA) is 67.5 Å². The summed E-state index contributed by atoms with van der Waals surface area (Å²) in [6.07, 6.45) is 64.0. The summed E-state index contributed by atoms with van der Waals surface area (Å²) in [4.78, 5) is 13.1. The summed E-state index contributed by atoms with van der Waals surface area (Å²) in [5.74, 6) is 5.14. The molecule has 0 aromatic heterocycles. The van der Waals surface area contributed by atoms with E-state index < -0.39 is 0 Å². The van der Waals surface area contributed by atoms with Crippen molar-refractivity contribution in [1.82, 2.24) is 35.6 Å². The van der Waals surface area contributed by atoms with Crippen molar-refractivity contribution in [2.75, 3.05) is 0 Å². The molecule has 76 heavy (non-hydrogen) atoms. The largest absolute Gasteiger partial charge is 0.357 e. The van der Waals surface area contributed by atoms with Crippen LogP contribution < -0.4 is 16.0 Å². The molecule has 428 valence electrons. The van der Waals surface area contributed by atoms with E-state index in [0.29, 0.717) is 11.8 Å². The van der Waals surface area contributed by atoms with Gasteiger partial charge in [0.15, 0.2) is 0 Å². The molecule has 16 atom stereocenters. The Morgan fingerprint density at radius 3 is 1.00 bits per heavy atom. The molecule has 15 rings (SSSR count). The molecule has 0 amide bonds. The Balaban J connectivity index is 0.533. The number of nitrogens with one attached hydrogen (secondary N) is 3. The highest BCUT2D eigenvalue weighted by Gasteiger charge is 2.58. The van der Waals surface area contributed by atoms with Gasteiger partial charge in [-0.3, -0.25) is 35.6 Å². The van der Waals surface area contributed by atoms with E-state index in [1.165, 1.54) is 270 Å². The van der Waals surface area contributed by atoms with Gasteiger partial charge in [0.1, 0.15) is 12.5 Å². The number of nitrogens with zero attached hydrogens (tertiary/aromatic N) is 4. The lowest BCUT2D eigenvalue weighted by Crippen LogP contribution is -2.61. The van der Waals surface area contributed by atoms with Crippen LogP contribution in [0, 0.1) is 35.5 Å². The molecule has 0 aromatic carbocycles. The summed E-state index contributed by atoms with van der Waals surface area (Å²) in [7, 11) is 0. The maximum Gasteiger partial charge on any atom is 0.112 e. The van der Waals surface area contributed by atoms with Crippen LogP contribution in [0.2, 0.25) is 0 Å². The van der Waals surface area contributed by atoms with E-state index in [1.54, 1.807) is 0 Å². The van der Waals surface area contributed by atoms with Gasteiger partial charge < -0.3 is 9.47 Å². The second-order valence-corrected chi connectivity index (χ2v) is 30.4. The zero-order valence-electron chi connectivity index (χ0n) is 48.4. The Kier molecular flexibility index (Phi) is 16.1. The van der Waals surface area contributed by atoms with Crippen molar-refractivity contribution in [2.45, 2.75) is 386 Å². The van der Waals surface area contributed by atoms with Gasteiger partial charge in [0, 0.05) is 78.9 Å². The molecule has 10 saturated carbocycles. The molecule has 0 aromatic rings. The van der Waals surface area contributed by atoms with Gasteiger partial charge in [-0.05, 0) is 202 Å². The summed E-state index contributed by atoms with van der Waals surface area (Å²) in [5, 5.41) is 12.2. The predicted molar refractivity (Wildman–Crippen MR) is 307 cm³/mol. The normalized spacial score (nSPS) is 48.6. The molecule has 5 saturated heterocycles. The summed E-state index contributed by atoms with van der Waals surface area (Å²) in [6.45, 7) is 0. The first-order valence-corrected chi connectivity index (χ1v) is 35.4. The monoisotopic (exact) mass is 1050 g/mol. The minimum atomic E-state index is 0.194. The second kappa shape index (κ2) is 23.4. The fraction of sp³-hybridized carbons (Fsp3) is 1.00. The Bertz CT molecular complexity index is 1680. The van der Waals surface area contributed by atoms with Gasteiger partial charge in [-0.2, -0.15) is 0 Å². The van der Waals surface area contributed by atoms with Gasteiger partial charge in [0.05, 0.1) is 24.5 Å². The van der Waals surface area contributed by atoms with Crippen LogP contribution >= 0.6 is 0 Å². The van der Waals surface area contributed by atoms with Gasteiger partial charge >= 0.3 is 0 Å². The maximum atomic E-state index is 7.09. The van der Waals surface area contributed by atoms with Crippen LogP contribution in [0.1, 0.15) is 276 Å². The van der Waals surface area contributed by atoms with Crippen LogP contribution in [-0.4, -0.2) is 129 Å². The number of ether oxygens (including phenoxy) is 2. The van der Waals surface area contributed by atoms with Crippen LogP contribution in [0.3, 0.4) is 0 Å². The van der Waals surface area contributed by atoms with E-state index >= 15 is 0 Å². The minimum Gasteiger partial charge on any atom is -0.357 e. The molecule has 9 nitrogen and oxygen atoms in total. The van der Waals surface area contributed by atoms with Crippen LogP contribution in [0.15, 0.2) is 0 Å². The number of likely N-dealkylation sites (tertiary alicyclic amines) is 2. The Morgan fingerprint density at radius 2 is 0.618 bits per heavy atom. The van der Waals surface area contributed by atoms with E-state index in [-0.39, 0.29) is 37.0 Å². The third-order valence-electron chi connectivity index (χ3n) is 26.8. The minimum absolute atomic E-state index is 0.194. The lowest BCUT2D eigenvalue weighted by atomic mass is 9.71. The summed E-state index contributed by atoms with van der Waals surface area (Å²) in [5.41, 5.74) is 0. The first kappa shape index (κ1) is 52.4. The fourth-order valence-corrected chi connectivity index (χ4v) is 23.6. The quantitative estimate of drug-likeness (QED) is 0.199. The Hall–Kier alpha value is -0.360. The number of piperidine rings is 1. The molecular weight excluding hydrogens is 935 g/mol. The summed E-state index contributed by atoms with van der Waals surface area (Å²) < 4.78 is 14.2. The van der Waals surface area contributed by atoms with Gasteiger partial charge in [0.25, 0.3) is 0 Å². The highest BCUT2D eigenvalue weighted by atomic mass is 16.5. The van der Waals surface area contributed by atoms with Crippen LogP contribution in [0.5, 0.6) is 0 Å². The van der Waals surface area contributed by atoms with Crippen molar-refractivity contribution < 1.29 is 9.47 Å². The molecule has 15 fully saturated rings. The lowest BCUT2D eigenvalue weighted by molar-refractivity contribution is -0.0709. The fourth-order valence-electron chi connectivity index (χ4n) is 23.6. The lowest BCUT2D eigenvalue weighted by Gasteiger charge is -2.50. The van der Waals surface area contributed by atoms with Crippen molar-refractivity contribution in [3.63, 3.8) is 0 Å². The van der Waals surface area contributed by atoms with E-state index in [4.69, 9.17) is 9.47 Å².